The zero-order valence-electron chi connectivity index (χ0n) is 10.8. The van der Waals surface area contributed by atoms with Crippen LogP contribution in [0.25, 0.3) is 10.8 Å². The Balaban J connectivity index is 1.98. The standard InChI is InChI=1S/C18H13IO/c19-17-11-4-3-10-16(17)18(20)12-14-8-5-7-13-6-1-2-9-15(13)14/h1-11H,12H2. The summed E-state index contributed by atoms with van der Waals surface area (Å²) < 4.78 is 1.01. The molecule has 0 amide bonds. The summed E-state index contributed by atoms with van der Waals surface area (Å²) in [7, 11) is 0. The van der Waals surface area contributed by atoms with Crippen molar-refractivity contribution in [2.75, 3.05) is 0 Å². The molecule has 0 aliphatic rings. The first kappa shape index (κ1) is 13.3. The Hall–Kier alpha value is -1.68. The molecular weight excluding hydrogens is 359 g/mol. The third-order valence-electron chi connectivity index (χ3n) is 3.41. The number of carbonyl (C=O) groups excluding carboxylic acids is 1. The van der Waals surface area contributed by atoms with Gasteiger partial charge in [0.05, 0.1) is 0 Å². The Morgan fingerprint density at radius 1 is 0.850 bits per heavy atom. The van der Waals surface area contributed by atoms with E-state index in [9.17, 15) is 4.79 Å². The van der Waals surface area contributed by atoms with Crippen molar-refractivity contribution in [3.63, 3.8) is 0 Å². The van der Waals surface area contributed by atoms with Crippen molar-refractivity contribution >= 4 is 39.1 Å². The van der Waals surface area contributed by atoms with Gasteiger partial charge in [-0.3, -0.25) is 4.79 Å². The lowest BCUT2D eigenvalue weighted by Gasteiger charge is -2.07. The van der Waals surface area contributed by atoms with Gasteiger partial charge in [-0.15, -0.1) is 0 Å². The van der Waals surface area contributed by atoms with Gasteiger partial charge in [0.15, 0.2) is 5.78 Å². The molecule has 0 saturated carbocycles. The molecule has 0 fully saturated rings. The molecule has 0 heterocycles. The van der Waals surface area contributed by atoms with Gasteiger partial charge in [-0.2, -0.15) is 0 Å². The van der Waals surface area contributed by atoms with Gasteiger partial charge in [0, 0.05) is 15.6 Å². The summed E-state index contributed by atoms with van der Waals surface area (Å²) >= 11 is 2.22. The van der Waals surface area contributed by atoms with E-state index in [1.165, 1.54) is 5.39 Å². The third-order valence-corrected chi connectivity index (χ3v) is 4.35. The summed E-state index contributed by atoms with van der Waals surface area (Å²) in [5.41, 5.74) is 1.90. The Labute approximate surface area is 131 Å². The van der Waals surface area contributed by atoms with Gasteiger partial charge < -0.3 is 0 Å². The van der Waals surface area contributed by atoms with E-state index in [1.54, 1.807) is 0 Å². The predicted molar refractivity (Wildman–Crippen MR) is 91.1 cm³/mol. The van der Waals surface area contributed by atoms with Crippen molar-refractivity contribution in [2.45, 2.75) is 6.42 Å². The molecule has 3 aromatic rings. The van der Waals surface area contributed by atoms with Crippen LogP contribution in [0.1, 0.15) is 15.9 Å². The van der Waals surface area contributed by atoms with Crippen molar-refractivity contribution in [1.29, 1.82) is 0 Å². The van der Waals surface area contributed by atoms with Crippen LogP contribution in [0.3, 0.4) is 0 Å². The Morgan fingerprint density at radius 3 is 2.40 bits per heavy atom. The van der Waals surface area contributed by atoms with E-state index in [1.807, 2.05) is 48.5 Å². The second kappa shape index (κ2) is 5.75. The van der Waals surface area contributed by atoms with Gasteiger partial charge >= 0.3 is 0 Å². The van der Waals surface area contributed by atoms with Crippen LogP contribution in [0, 0.1) is 3.57 Å². The molecule has 0 N–H and O–H groups in total. The lowest BCUT2D eigenvalue weighted by Crippen LogP contribution is -2.05. The number of halogens is 1. The molecule has 0 saturated heterocycles. The molecule has 98 valence electrons. The minimum atomic E-state index is 0.173. The molecule has 0 aliphatic carbocycles. The third kappa shape index (κ3) is 2.61. The first-order chi connectivity index (χ1) is 9.75. The largest absolute Gasteiger partial charge is 0.294 e. The average Bonchev–Trinajstić information content (AvgIpc) is 2.48. The molecule has 2 heteroatoms. The highest BCUT2D eigenvalue weighted by molar-refractivity contribution is 14.1. The van der Waals surface area contributed by atoms with Crippen LogP contribution in [0.15, 0.2) is 66.7 Å². The molecule has 0 radical (unpaired) electrons. The molecule has 0 aliphatic heterocycles. The van der Waals surface area contributed by atoms with E-state index in [4.69, 9.17) is 0 Å². The summed E-state index contributed by atoms with van der Waals surface area (Å²) in [6.07, 6.45) is 0.446. The van der Waals surface area contributed by atoms with Gasteiger partial charge in [0.1, 0.15) is 0 Å². The van der Waals surface area contributed by atoms with E-state index >= 15 is 0 Å². The van der Waals surface area contributed by atoms with Crippen LogP contribution < -0.4 is 0 Å². The van der Waals surface area contributed by atoms with E-state index in [2.05, 4.69) is 40.8 Å². The summed E-state index contributed by atoms with van der Waals surface area (Å²) in [5, 5.41) is 2.34. The van der Waals surface area contributed by atoms with Crippen molar-refractivity contribution in [1.82, 2.24) is 0 Å². The van der Waals surface area contributed by atoms with Crippen molar-refractivity contribution in [3.8, 4) is 0 Å². The SMILES string of the molecule is O=C(Cc1cccc2ccccc12)c1ccccc1I. The minimum Gasteiger partial charge on any atom is -0.294 e. The summed E-state index contributed by atoms with van der Waals surface area (Å²) in [6.45, 7) is 0. The van der Waals surface area contributed by atoms with E-state index < -0.39 is 0 Å². The molecule has 0 spiro atoms. The fourth-order valence-corrected chi connectivity index (χ4v) is 3.09. The van der Waals surface area contributed by atoms with Crippen LogP contribution in [0.5, 0.6) is 0 Å². The number of hydrogen-bond acceptors (Lipinski definition) is 1. The molecular formula is C18H13IO. The molecule has 20 heavy (non-hydrogen) atoms. The number of rotatable bonds is 3. The Morgan fingerprint density at radius 2 is 1.55 bits per heavy atom. The average molecular weight is 372 g/mol. The molecule has 0 unspecified atom stereocenters. The second-order valence-corrected chi connectivity index (χ2v) is 5.88. The lowest BCUT2D eigenvalue weighted by atomic mass is 9.98. The van der Waals surface area contributed by atoms with Gasteiger partial charge in [0.2, 0.25) is 0 Å². The molecule has 0 bridgehead atoms. The lowest BCUT2D eigenvalue weighted by molar-refractivity contribution is 0.0992. The Kier molecular flexibility index (Phi) is 3.83. The van der Waals surface area contributed by atoms with Crippen molar-refractivity contribution in [2.24, 2.45) is 0 Å². The fourth-order valence-electron chi connectivity index (χ4n) is 2.40. The zero-order chi connectivity index (χ0) is 13.9. The summed E-state index contributed by atoms with van der Waals surface area (Å²) in [5.74, 6) is 0.173. The van der Waals surface area contributed by atoms with Gasteiger partial charge in [-0.25, -0.2) is 0 Å². The van der Waals surface area contributed by atoms with Gasteiger partial charge in [0.25, 0.3) is 0 Å². The van der Waals surface area contributed by atoms with Crippen LogP contribution in [0.4, 0.5) is 0 Å². The number of ketones is 1. The van der Waals surface area contributed by atoms with Gasteiger partial charge in [-0.05, 0) is 45.0 Å². The maximum Gasteiger partial charge on any atom is 0.168 e. The topological polar surface area (TPSA) is 17.1 Å². The first-order valence-corrected chi connectivity index (χ1v) is 7.58. The van der Waals surface area contributed by atoms with Gasteiger partial charge in [-0.1, -0.05) is 60.7 Å². The quantitative estimate of drug-likeness (QED) is 0.474. The smallest absolute Gasteiger partial charge is 0.168 e. The highest BCUT2D eigenvalue weighted by Crippen LogP contribution is 2.21. The summed E-state index contributed by atoms with van der Waals surface area (Å²) in [6, 6.07) is 22.1. The maximum absolute atomic E-state index is 12.5. The molecule has 0 atom stereocenters. The monoisotopic (exact) mass is 372 g/mol. The fraction of sp³-hybridized carbons (Fsp3) is 0.0556. The number of Topliss-reactive ketones (excluding diaryl/α,β-unsaturated/α-hetero) is 1. The Bertz CT molecular complexity index is 772. The number of fused-ring (bicyclic) bond motifs is 1. The van der Waals surface area contributed by atoms with E-state index in [0.717, 1.165) is 20.1 Å². The highest BCUT2D eigenvalue weighted by atomic mass is 127. The maximum atomic E-state index is 12.5. The van der Waals surface area contributed by atoms with Crippen LogP contribution >= 0.6 is 22.6 Å². The minimum absolute atomic E-state index is 0.173. The number of hydrogen-bond donors (Lipinski definition) is 0. The van der Waals surface area contributed by atoms with Crippen LogP contribution in [0.2, 0.25) is 0 Å². The molecule has 3 aromatic carbocycles. The first-order valence-electron chi connectivity index (χ1n) is 6.50. The molecule has 0 aromatic heterocycles. The zero-order valence-corrected chi connectivity index (χ0v) is 13.0. The normalized spacial score (nSPS) is 10.7. The van der Waals surface area contributed by atoms with Crippen LogP contribution in [-0.4, -0.2) is 5.78 Å². The van der Waals surface area contributed by atoms with Crippen molar-refractivity contribution < 1.29 is 4.79 Å². The van der Waals surface area contributed by atoms with E-state index in [0.29, 0.717) is 6.42 Å². The number of benzene rings is 3. The van der Waals surface area contributed by atoms with E-state index in [-0.39, 0.29) is 5.78 Å². The predicted octanol–water partition coefficient (Wildman–Crippen LogP) is 4.87. The van der Waals surface area contributed by atoms with Crippen LogP contribution in [-0.2, 0) is 6.42 Å². The molecule has 3 rings (SSSR count). The highest BCUT2D eigenvalue weighted by Gasteiger charge is 2.11. The van der Waals surface area contributed by atoms with Crippen molar-refractivity contribution in [3.05, 3.63) is 81.4 Å². The summed E-state index contributed by atoms with van der Waals surface area (Å²) in [4.78, 5) is 12.5. The second-order valence-electron chi connectivity index (χ2n) is 4.72. The molecule has 1 nitrogen and oxygen atoms in total. The number of carbonyl (C=O) groups is 1.